The molecule has 0 aromatic carbocycles. The zero-order chi connectivity index (χ0) is 7.40. The molecule has 0 unspecified atom stereocenters. The Kier molecular flexibility index (Phi) is 3.02. The average molecular weight is 175 g/mol. The molecular formula is C6H6FNS2. The molecule has 0 bridgehead atoms. The second kappa shape index (κ2) is 3.83. The summed E-state index contributed by atoms with van der Waals surface area (Å²) in [4.78, 5) is 4.76. The molecule has 0 saturated heterocycles. The lowest BCUT2D eigenvalue weighted by atomic mass is 10.3. The maximum absolute atomic E-state index is 11.7. The van der Waals surface area contributed by atoms with E-state index in [1.54, 1.807) is 12.4 Å². The van der Waals surface area contributed by atoms with Crippen molar-refractivity contribution in [1.29, 1.82) is 0 Å². The summed E-state index contributed by atoms with van der Waals surface area (Å²) in [5.41, 5.74) is 1.05. The molecule has 0 atom stereocenters. The molecule has 0 aliphatic rings. The van der Waals surface area contributed by atoms with Gasteiger partial charge in [0.05, 0.1) is 0 Å². The number of nitrogens with zero attached hydrogens (tertiary/aromatic N) is 1. The van der Waals surface area contributed by atoms with Gasteiger partial charge in [-0.05, 0) is 29.3 Å². The van der Waals surface area contributed by atoms with Gasteiger partial charge in [-0.2, -0.15) is 3.89 Å². The Labute approximate surface area is 67.1 Å². The molecule has 4 heteroatoms. The summed E-state index contributed by atoms with van der Waals surface area (Å²) in [6.07, 6.45) is 3.39. The van der Waals surface area contributed by atoms with Gasteiger partial charge in [0.15, 0.2) is 0 Å². The summed E-state index contributed by atoms with van der Waals surface area (Å²) in [5.74, 6) is 0. The Morgan fingerprint density at radius 1 is 1.50 bits per heavy atom. The van der Waals surface area contributed by atoms with E-state index >= 15 is 0 Å². The topological polar surface area (TPSA) is 12.9 Å². The molecular weight excluding hydrogens is 169 g/mol. The lowest BCUT2D eigenvalue weighted by Crippen LogP contribution is -1.75. The molecule has 1 aromatic rings. The molecule has 0 saturated carbocycles. The first-order valence-corrected chi connectivity index (χ1v) is 4.75. The molecule has 0 N–H and O–H groups in total. The first-order chi connectivity index (χ1) is 4.83. The van der Waals surface area contributed by atoms with Gasteiger partial charge in [-0.1, -0.05) is 0 Å². The van der Waals surface area contributed by atoms with Crippen LogP contribution in [0.25, 0.3) is 0 Å². The van der Waals surface area contributed by atoms with Crippen LogP contribution in [-0.4, -0.2) is 4.98 Å². The normalized spacial score (nSPS) is 9.80. The first-order valence-electron chi connectivity index (χ1n) is 2.70. The van der Waals surface area contributed by atoms with Crippen molar-refractivity contribution in [3.05, 3.63) is 24.0 Å². The van der Waals surface area contributed by atoms with Crippen molar-refractivity contribution in [3.63, 3.8) is 0 Å². The van der Waals surface area contributed by atoms with Crippen LogP contribution >= 0.6 is 22.0 Å². The van der Waals surface area contributed by atoms with E-state index in [0.29, 0.717) is 0 Å². The molecule has 54 valence electrons. The van der Waals surface area contributed by atoms with Crippen LogP contribution in [0.4, 0.5) is 3.89 Å². The van der Waals surface area contributed by atoms with Gasteiger partial charge in [0.1, 0.15) is 11.2 Å². The highest BCUT2D eigenvalue weighted by atomic mass is 33.1. The summed E-state index contributed by atoms with van der Waals surface area (Å²) in [6.45, 7) is 1.93. The lowest BCUT2D eigenvalue weighted by Gasteiger charge is -1.94. The summed E-state index contributed by atoms with van der Waals surface area (Å²) in [5, 5.41) is 0. The summed E-state index contributed by atoms with van der Waals surface area (Å²) >= 11 is 0.240. The van der Waals surface area contributed by atoms with E-state index in [2.05, 4.69) is 4.98 Å². The Hall–Kier alpha value is -0.220. The van der Waals surface area contributed by atoms with Crippen LogP contribution in [0.5, 0.6) is 0 Å². The van der Waals surface area contributed by atoms with Gasteiger partial charge in [-0.25, -0.2) is 0 Å². The highest BCUT2D eigenvalue weighted by molar-refractivity contribution is 8.74. The predicted molar refractivity (Wildman–Crippen MR) is 43.5 cm³/mol. The fourth-order valence-corrected chi connectivity index (χ4v) is 1.51. The molecule has 0 aliphatic carbocycles. The van der Waals surface area contributed by atoms with Crippen LogP contribution < -0.4 is 0 Å². The minimum absolute atomic E-state index is 0.240. The second-order valence-electron chi connectivity index (χ2n) is 1.84. The minimum atomic E-state index is 0.240. The zero-order valence-corrected chi connectivity index (χ0v) is 7.01. The second-order valence-corrected chi connectivity index (χ2v) is 3.49. The van der Waals surface area contributed by atoms with Crippen molar-refractivity contribution in [1.82, 2.24) is 4.98 Å². The molecule has 0 radical (unpaired) electrons. The van der Waals surface area contributed by atoms with Crippen molar-refractivity contribution in [2.75, 3.05) is 0 Å². The van der Waals surface area contributed by atoms with Crippen molar-refractivity contribution in [3.8, 4) is 0 Å². The number of aryl methyl sites for hydroxylation is 1. The van der Waals surface area contributed by atoms with E-state index in [9.17, 15) is 3.89 Å². The summed E-state index contributed by atoms with van der Waals surface area (Å²) in [6, 6.07) is 1.89. The van der Waals surface area contributed by atoms with Gasteiger partial charge < -0.3 is 0 Å². The third kappa shape index (κ3) is 2.19. The molecule has 0 spiro atoms. The minimum Gasteiger partial charge on any atom is -0.263 e. The van der Waals surface area contributed by atoms with Crippen LogP contribution in [0.3, 0.4) is 0 Å². The first kappa shape index (κ1) is 7.88. The van der Waals surface area contributed by atoms with Gasteiger partial charge >= 0.3 is 0 Å². The van der Waals surface area contributed by atoms with Gasteiger partial charge in [0.25, 0.3) is 0 Å². The molecule has 0 fully saturated rings. The SMILES string of the molecule is Cc1cncc(SSF)c1. The Morgan fingerprint density at radius 3 is 2.90 bits per heavy atom. The van der Waals surface area contributed by atoms with Crippen LogP contribution in [-0.2, 0) is 0 Å². The number of pyridine rings is 1. The van der Waals surface area contributed by atoms with Gasteiger partial charge in [0.2, 0.25) is 0 Å². The van der Waals surface area contributed by atoms with Gasteiger partial charge in [-0.15, -0.1) is 0 Å². The van der Waals surface area contributed by atoms with E-state index < -0.39 is 0 Å². The number of aromatic nitrogens is 1. The summed E-state index contributed by atoms with van der Waals surface area (Å²) in [7, 11) is 1.08. The van der Waals surface area contributed by atoms with Crippen LogP contribution in [0.15, 0.2) is 23.4 Å². The highest BCUT2D eigenvalue weighted by Crippen LogP contribution is 2.30. The molecule has 1 rings (SSSR count). The molecule has 10 heavy (non-hydrogen) atoms. The van der Waals surface area contributed by atoms with Crippen molar-refractivity contribution in [2.45, 2.75) is 11.8 Å². The van der Waals surface area contributed by atoms with Crippen LogP contribution in [0, 0.1) is 6.92 Å². The Morgan fingerprint density at radius 2 is 2.30 bits per heavy atom. The van der Waals surface area contributed by atoms with Gasteiger partial charge in [-0.3, -0.25) is 4.98 Å². The summed E-state index contributed by atoms with van der Waals surface area (Å²) < 4.78 is 11.7. The Balaban J connectivity index is 2.75. The number of hydrogen-bond donors (Lipinski definition) is 0. The van der Waals surface area contributed by atoms with E-state index in [-0.39, 0.29) is 11.2 Å². The highest BCUT2D eigenvalue weighted by Gasteiger charge is 1.93. The van der Waals surface area contributed by atoms with E-state index in [1.165, 1.54) is 0 Å². The molecule has 1 aromatic heterocycles. The third-order valence-electron chi connectivity index (χ3n) is 0.978. The number of hydrogen-bond acceptors (Lipinski definition) is 3. The predicted octanol–water partition coefficient (Wildman–Crippen LogP) is 3.01. The molecule has 0 aliphatic heterocycles. The van der Waals surface area contributed by atoms with Crippen LogP contribution in [0.1, 0.15) is 5.56 Å². The fraction of sp³-hybridized carbons (Fsp3) is 0.167. The lowest BCUT2D eigenvalue weighted by molar-refractivity contribution is 0.953. The quantitative estimate of drug-likeness (QED) is 0.641. The fourth-order valence-electron chi connectivity index (χ4n) is 0.609. The van der Waals surface area contributed by atoms with E-state index in [4.69, 9.17) is 0 Å². The monoisotopic (exact) mass is 175 g/mol. The van der Waals surface area contributed by atoms with Crippen molar-refractivity contribution < 1.29 is 3.89 Å². The maximum atomic E-state index is 11.7. The van der Waals surface area contributed by atoms with Crippen molar-refractivity contribution in [2.24, 2.45) is 0 Å². The zero-order valence-electron chi connectivity index (χ0n) is 5.37. The molecule has 1 heterocycles. The number of rotatable bonds is 2. The van der Waals surface area contributed by atoms with E-state index in [0.717, 1.165) is 21.3 Å². The van der Waals surface area contributed by atoms with E-state index in [1.807, 2.05) is 13.0 Å². The third-order valence-corrected chi connectivity index (χ3v) is 2.22. The average Bonchev–Trinajstić information content (AvgIpc) is 1.88. The smallest absolute Gasteiger partial charge is 0.120 e. The molecule has 0 amide bonds. The van der Waals surface area contributed by atoms with Crippen molar-refractivity contribution >= 4 is 22.0 Å². The maximum Gasteiger partial charge on any atom is 0.120 e. The number of halogens is 1. The molecule has 1 nitrogen and oxygen atoms in total. The standard InChI is InChI=1S/C6H6FNS2/c1-5-2-6(9-10-7)4-8-3-5/h2-4H,1H3. The van der Waals surface area contributed by atoms with Gasteiger partial charge in [0, 0.05) is 17.3 Å². The van der Waals surface area contributed by atoms with Crippen LogP contribution in [0.2, 0.25) is 0 Å². The largest absolute Gasteiger partial charge is 0.263 e. The Bertz CT molecular complexity index is 217.